The number of carbonyl (C=O) groups is 1. The van der Waals surface area contributed by atoms with E-state index in [1.807, 2.05) is 39.0 Å². The van der Waals surface area contributed by atoms with Crippen molar-refractivity contribution in [3.8, 4) is 5.75 Å². The maximum atomic E-state index is 11.7. The first kappa shape index (κ1) is 17.5. The highest BCUT2D eigenvalue weighted by Gasteiger charge is 2.06. The van der Waals surface area contributed by atoms with E-state index < -0.39 is 0 Å². The van der Waals surface area contributed by atoms with Crippen LogP contribution in [0.5, 0.6) is 5.75 Å². The third kappa shape index (κ3) is 6.63. The molecular formula is C17H27NO3. The first-order valence-electron chi connectivity index (χ1n) is 7.61. The molecule has 0 fully saturated rings. The zero-order valence-corrected chi connectivity index (χ0v) is 13.3. The van der Waals surface area contributed by atoms with Gasteiger partial charge in [-0.3, -0.25) is 4.79 Å². The molecule has 0 bridgehead atoms. The Labute approximate surface area is 127 Å². The normalized spacial score (nSPS) is 12.0. The lowest BCUT2D eigenvalue weighted by Gasteiger charge is -2.12. The predicted octanol–water partition coefficient (Wildman–Crippen LogP) is 2.60. The number of nitrogens with one attached hydrogen (secondary N) is 1. The van der Waals surface area contributed by atoms with Crippen LogP contribution in [0, 0.1) is 19.8 Å². The Morgan fingerprint density at radius 3 is 2.62 bits per heavy atom. The van der Waals surface area contributed by atoms with E-state index >= 15 is 0 Å². The van der Waals surface area contributed by atoms with E-state index in [0.717, 1.165) is 29.7 Å². The molecular weight excluding hydrogens is 266 g/mol. The maximum Gasteiger partial charge on any atom is 0.223 e. The van der Waals surface area contributed by atoms with Gasteiger partial charge in [0, 0.05) is 13.2 Å². The average molecular weight is 293 g/mol. The summed E-state index contributed by atoms with van der Waals surface area (Å²) in [6.45, 7) is 7.27. The molecule has 21 heavy (non-hydrogen) atoms. The van der Waals surface area contributed by atoms with E-state index in [4.69, 9.17) is 9.84 Å². The Hall–Kier alpha value is -1.55. The highest BCUT2D eigenvalue weighted by atomic mass is 16.5. The topological polar surface area (TPSA) is 58.6 Å². The second kappa shape index (κ2) is 9.40. The molecule has 0 aliphatic heterocycles. The Morgan fingerprint density at radius 1 is 1.33 bits per heavy atom. The summed E-state index contributed by atoms with van der Waals surface area (Å²) in [4.78, 5) is 11.7. The fourth-order valence-electron chi connectivity index (χ4n) is 2.13. The number of rotatable bonds is 9. The molecule has 0 aliphatic carbocycles. The van der Waals surface area contributed by atoms with Gasteiger partial charge in [0.25, 0.3) is 0 Å². The number of hydrogen-bond donors (Lipinski definition) is 2. The number of amides is 1. The molecule has 1 amide bonds. The Morgan fingerprint density at radius 2 is 2.00 bits per heavy atom. The highest BCUT2D eigenvalue weighted by molar-refractivity contribution is 5.75. The van der Waals surface area contributed by atoms with Crippen molar-refractivity contribution in [2.75, 3.05) is 19.8 Å². The predicted molar refractivity (Wildman–Crippen MR) is 84.5 cm³/mol. The molecule has 1 atom stereocenters. The number of ether oxygens (including phenoxy) is 1. The van der Waals surface area contributed by atoms with Crippen molar-refractivity contribution in [3.63, 3.8) is 0 Å². The number of benzene rings is 1. The second-order valence-electron chi connectivity index (χ2n) is 5.60. The van der Waals surface area contributed by atoms with Gasteiger partial charge in [-0.05, 0) is 43.7 Å². The number of para-hydroxylation sites is 1. The first-order chi connectivity index (χ1) is 10.0. The number of aliphatic hydroxyl groups excluding tert-OH is 1. The number of hydrogen-bond acceptors (Lipinski definition) is 3. The third-order valence-electron chi connectivity index (χ3n) is 3.49. The molecule has 0 heterocycles. The quantitative estimate of drug-likeness (QED) is 0.688. The zero-order valence-electron chi connectivity index (χ0n) is 13.3. The summed E-state index contributed by atoms with van der Waals surface area (Å²) in [6.07, 6.45) is 2.18. The third-order valence-corrected chi connectivity index (χ3v) is 3.49. The van der Waals surface area contributed by atoms with Crippen molar-refractivity contribution in [1.29, 1.82) is 0 Å². The molecule has 1 unspecified atom stereocenters. The van der Waals surface area contributed by atoms with Gasteiger partial charge in [-0.15, -0.1) is 0 Å². The highest BCUT2D eigenvalue weighted by Crippen LogP contribution is 2.22. The smallest absolute Gasteiger partial charge is 0.223 e. The van der Waals surface area contributed by atoms with Crippen molar-refractivity contribution >= 4 is 5.91 Å². The minimum atomic E-state index is 0.0119. The van der Waals surface area contributed by atoms with E-state index in [1.54, 1.807) is 0 Å². The minimum Gasteiger partial charge on any atom is -0.493 e. The lowest BCUT2D eigenvalue weighted by molar-refractivity contribution is -0.121. The number of aryl methyl sites for hydroxylation is 2. The SMILES string of the molecule is Cc1cccc(C)c1OCCC(=O)NCCCC(C)CO. The van der Waals surface area contributed by atoms with Crippen LogP contribution < -0.4 is 10.1 Å². The summed E-state index contributed by atoms with van der Waals surface area (Å²) in [7, 11) is 0. The molecule has 0 radical (unpaired) electrons. The van der Waals surface area contributed by atoms with Gasteiger partial charge in [0.1, 0.15) is 5.75 Å². The van der Waals surface area contributed by atoms with E-state index in [2.05, 4.69) is 5.32 Å². The largest absolute Gasteiger partial charge is 0.493 e. The molecule has 0 aliphatic rings. The molecule has 118 valence electrons. The van der Waals surface area contributed by atoms with Gasteiger partial charge < -0.3 is 15.2 Å². The van der Waals surface area contributed by atoms with Crippen LogP contribution >= 0.6 is 0 Å². The molecule has 1 rings (SSSR count). The van der Waals surface area contributed by atoms with Crippen molar-refractivity contribution in [2.45, 2.75) is 40.0 Å². The first-order valence-corrected chi connectivity index (χ1v) is 7.61. The maximum absolute atomic E-state index is 11.7. The molecule has 2 N–H and O–H groups in total. The monoisotopic (exact) mass is 293 g/mol. The molecule has 1 aromatic carbocycles. The van der Waals surface area contributed by atoms with Crippen LogP contribution in [-0.2, 0) is 4.79 Å². The standard InChI is InChI=1S/C17H27NO3/c1-13(12-19)6-5-10-18-16(20)9-11-21-17-14(2)7-4-8-15(17)3/h4,7-8,13,19H,5-6,9-12H2,1-3H3,(H,18,20). The summed E-state index contributed by atoms with van der Waals surface area (Å²) >= 11 is 0. The van der Waals surface area contributed by atoms with E-state index in [1.165, 1.54) is 0 Å². The Bertz CT molecular complexity index is 425. The summed E-state index contributed by atoms with van der Waals surface area (Å²) in [5.41, 5.74) is 2.18. The lowest BCUT2D eigenvalue weighted by atomic mass is 10.1. The molecule has 0 saturated heterocycles. The fraction of sp³-hybridized carbons (Fsp3) is 0.588. The van der Waals surface area contributed by atoms with E-state index in [0.29, 0.717) is 25.5 Å². The molecule has 4 heteroatoms. The van der Waals surface area contributed by atoms with E-state index in [9.17, 15) is 4.79 Å². The van der Waals surface area contributed by atoms with Gasteiger partial charge in [-0.25, -0.2) is 0 Å². The minimum absolute atomic E-state index is 0.0119. The number of carbonyl (C=O) groups excluding carboxylic acids is 1. The van der Waals surface area contributed by atoms with E-state index in [-0.39, 0.29) is 12.5 Å². The van der Waals surface area contributed by atoms with Crippen molar-refractivity contribution in [1.82, 2.24) is 5.32 Å². The summed E-state index contributed by atoms with van der Waals surface area (Å²) in [6, 6.07) is 6.01. The van der Waals surface area contributed by atoms with Gasteiger partial charge in [-0.1, -0.05) is 25.1 Å². The number of aliphatic hydroxyl groups is 1. The molecule has 0 saturated carbocycles. The lowest BCUT2D eigenvalue weighted by Crippen LogP contribution is -2.26. The van der Waals surface area contributed by atoms with Crippen LogP contribution in [0.3, 0.4) is 0 Å². The fourth-order valence-corrected chi connectivity index (χ4v) is 2.13. The van der Waals surface area contributed by atoms with Crippen LogP contribution in [0.1, 0.15) is 37.3 Å². The summed E-state index contributed by atoms with van der Waals surface area (Å²) in [5, 5.41) is 11.8. The van der Waals surface area contributed by atoms with Crippen molar-refractivity contribution < 1.29 is 14.6 Å². The summed E-state index contributed by atoms with van der Waals surface area (Å²) < 4.78 is 5.71. The van der Waals surface area contributed by atoms with Crippen LogP contribution in [0.4, 0.5) is 0 Å². The Balaban J connectivity index is 2.19. The molecule has 0 aromatic heterocycles. The molecule has 4 nitrogen and oxygen atoms in total. The Kier molecular flexibility index (Phi) is 7.83. The van der Waals surface area contributed by atoms with Gasteiger partial charge in [-0.2, -0.15) is 0 Å². The summed E-state index contributed by atoms with van der Waals surface area (Å²) in [5.74, 6) is 1.19. The van der Waals surface area contributed by atoms with Crippen LogP contribution in [0.15, 0.2) is 18.2 Å². The van der Waals surface area contributed by atoms with Crippen LogP contribution in [0.25, 0.3) is 0 Å². The van der Waals surface area contributed by atoms with Gasteiger partial charge >= 0.3 is 0 Å². The molecule has 1 aromatic rings. The second-order valence-corrected chi connectivity index (χ2v) is 5.60. The van der Waals surface area contributed by atoms with Gasteiger partial charge in [0.05, 0.1) is 13.0 Å². The van der Waals surface area contributed by atoms with Crippen LogP contribution in [0.2, 0.25) is 0 Å². The van der Waals surface area contributed by atoms with Crippen molar-refractivity contribution in [3.05, 3.63) is 29.3 Å². The zero-order chi connectivity index (χ0) is 15.7. The molecule has 0 spiro atoms. The van der Waals surface area contributed by atoms with Crippen LogP contribution in [-0.4, -0.2) is 30.8 Å². The van der Waals surface area contributed by atoms with Crippen molar-refractivity contribution in [2.24, 2.45) is 5.92 Å². The average Bonchev–Trinajstić information content (AvgIpc) is 2.46. The van der Waals surface area contributed by atoms with Gasteiger partial charge in [0.2, 0.25) is 5.91 Å². The van der Waals surface area contributed by atoms with Gasteiger partial charge in [0.15, 0.2) is 0 Å².